The van der Waals surface area contributed by atoms with Crippen molar-refractivity contribution in [2.24, 2.45) is 5.73 Å². The van der Waals surface area contributed by atoms with Crippen LogP contribution in [0.5, 0.6) is 0 Å². The maximum absolute atomic E-state index is 10.8. The van der Waals surface area contributed by atoms with Crippen molar-refractivity contribution in [2.45, 2.75) is 37.3 Å². The predicted octanol–water partition coefficient (Wildman–Crippen LogP) is 2.54. The van der Waals surface area contributed by atoms with E-state index in [1.807, 2.05) is 23.8 Å². The molecule has 0 spiro atoms. The molecule has 0 aromatic heterocycles. The topological polar surface area (TPSA) is 66.3 Å². The number of hydrogen-bond acceptors (Lipinski definition) is 2. The van der Waals surface area contributed by atoms with Crippen LogP contribution in [0.25, 0.3) is 0 Å². The average Bonchev–Trinajstić information content (AvgIpc) is 2.24. The molecule has 1 aliphatic carbocycles. The quantitative estimate of drug-likeness (QED) is 0.648. The van der Waals surface area contributed by atoms with Crippen molar-refractivity contribution in [2.75, 3.05) is 7.05 Å². The van der Waals surface area contributed by atoms with E-state index >= 15 is 0 Å². The van der Waals surface area contributed by atoms with Crippen LogP contribution in [-0.2, 0) is 10.3 Å². The molecule has 1 atom stereocenters. The fourth-order valence-corrected chi connectivity index (χ4v) is 3.05. The Morgan fingerprint density at radius 2 is 2.20 bits per heavy atom. The molecule has 108 valence electrons. The van der Waals surface area contributed by atoms with Gasteiger partial charge in [-0.2, -0.15) is 0 Å². The Labute approximate surface area is 123 Å². The number of benzene rings is 1. The third-order valence-electron chi connectivity index (χ3n) is 4.19. The van der Waals surface area contributed by atoms with E-state index in [9.17, 15) is 4.79 Å². The second-order valence-electron chi connectivity index (χ2n) is 5.56. The van der Waals surface area contributed by atoms with E-state index in [4.69, 9.17) is 22.4 Å². The molecule has 0 saturated heterocycles. The van der Waals surface area contributed by atoms with Gasteiger partial charge in [0.2, 0.25) is 0 Å². The van der Waals surface area contributed by atoms with Crippen LogP contribution < -0.4 is 5.73 Å². The van der Waals surface area contributed by atoms with Crippen molar-refractivity contribution in [3.63, 3.8) is 0 Å². The number of nitrogens with zero attached hydrogens (tertiary/aromatic N) is 1. The molecular weight excluding hydrogens is 276 g/mol. The molecule has 1 fully saturated rings. The Hall–Kier alpha value is -1.39. The Kier molecular flexibility index (Phi) is 4.16. The smallest absolute Gasteiger partial charge is 0.305 e. The van der Waals surface area contributed by atoms with Gasteiger partial charge in [0.05, 0.1) is 6.42 Å². The van der Waals surface area contributed by atoms with Gasteiger partial charge in [0.15, 0.2) is 5.54 Å². The SMILES string of the molecule is C=[N+](C)C1(c2cc(Cl)cc(C(N)CC(=O)O)c2)CCC1. The van der Waals surface area contributed by atoms with E-state index in [2.05, 4.69) is 6.72 Å². The first-order valence-corrected chi connectivity index (χ1v) is 7.05. The predicted molar refractivity (Wildman–Crippen MR) is 79.5 cm³/mol. The summed E-state index contributed by atoms with van der Waals surface area (Å²) in [5, 5.41) is 9.45. The molecule has 2 rings (SSSR count). The van der Waals surface area contributed by atoms with Crippen LogP contribution in [0.15, 0.2) is 18.2 Å². The number of rotatable bonds is 5. The van der Waals surface area contributed by atoms with E-state index in [-0.39, 0.29) is 12.0 Å². The molecular formula is C15H20ClN2O2+. The highest BCUT2D eigenvalue weighted by Crippen LogP contribution is 2.44. The van der Waals surface area contributed by atoms with E-state index in [1.165, 1.54) is 0 Å². The van der Waals surface area contributed by atoms with E-state index in [1.54, 1.807) is 6.07 Å². The van der Waals surface area contributed by atoms with Crippen LogP contribution in [0.1, 0.15) is 42.9 Å². The van der Waals surface area contributed by atoms with Gasteiger partial charge in [-0.15, -0.1) is 0 Å². The molecule has 1 saturated carbocycles. The first-order chi connectivity index (χ1) is 9.35. The maximum atomic E-state index is 10.8. The molecule has 1 aromatic carbocycles. The van der Waals surface area contributed by atoms with E-state index in [0.717, 1.165) is 30.4 Å². The largest absolute Gasteiger partial charge is 0.481 e. The molecule has 1 aliphatic rings. The molecule has 4 nitrogen and oxygen atoms in total. The first-order valence-electron chi connectivity index (χ1n) is 6.68. The third-order valence-corrected chi connectivity index (χ3v) is 4.41. The lowest BCUT2D eigenvalue weighted by molar-refractivity contribution is -0.602. The van der Waals surface area contributed by atoms with Crippen LogP contribution in [0.4, 0.5) is 0 Å². The molecule has 0 aliphatic heterocycles. The average molecular weight is 296 g/mol. The van der Waals surface area contributed by atoms with Crippen molar-refractivity contribution in [1.29, 1.82) is 0 Å². The van der Waals surface area contributed by atoms with Crippen molar-refractivity contribution in [3.8, 4) is 0 Å². The lowest BCUT2D eigenvalue weighted by Crippen LogP contribution is -2.43. The van der Waals surface area contributed by atoms with Gasteiger partial charge in [0.25, 0.3) is 0 Å². The molecule has 20 heavy (non-hydrogen) atoms. The zero-order chi connectivity index (χ0) is 14.9. The summed E-state index contributed by atoms with van der Waals surface area (Å²) >= 11 is 6.18. The van der Waals surface area contributed by atoms with Gasteiger partial charge in [-0.25, -0.2) is 4.58 Å². The zero-order valence-electron chi connectivity index (χ0n) is 11.6. The van der Waals surface area contributed by atoms with Crippen molar-refractivity contribution in [1.82, 2.24) is 0 Å². The second kappa shape index (κ2) is 5.54. The molecule has 5 heteroatoms. The highest BCUT2D eigenvalue weighted by atomic mass is 35.5. The molecule has 0 bridgehead atoms. The number of nitrogens with two attached hydrogens (primary N) is 1. The van der Waals surface area contributed by atoms with E-state index in [0.29, 0.717) is 5.02 Å². The van der Waals surface area contributed by atoms with Crippen molar-refractivity contribution in [3.05, 3.63) is 34.3 Å². The van der Waals surface area contributed by atoms with Crippen LogP contribution in [0, 0.1) is 0 Å². The summed E-state index contributed by atoms with van der Waals surface area (Å²) in [7, 11) is 1.96. The number of hydrogen-bond donors (Lipinski definition) is 2. The summed E-state index contributed by atoms with van der Waals surface area (Å²) < 4.78 is 1.97. The van der Waals surface area contributed by atoms with Gasteiger partial charge in [0, 0.05) is 29.5 Å². The lowest BCUT2D eigenvalue weighted by Gasteiger charge is -2.37. The molecule has 0 amide bonds. The summed E-state index contributed by atoms with van der Waals surface area (Å²) in [6.45, 7) is 4.03. The number of carboxylic acids is 1. The van der Waals surface area contributed by atoms with Gasteiger partial charge in [-0.1, -0.05) is 11.6 Å². The summed E-state index contributed by atoms with van der Waals surface area (Å²) in [6.07, 6.45) is 3.11. The minimum atomic E-state index is -0.911. The van der Waals surface area contributed by atoms with Crippen molar-refractivity contribution < 1.29 is 14.5 Å². The highest BCUT2D eigenvalue weighted by molar-refractivity contribution is 6.30. The van der Waals surface area contributed by atoms with Gasteiger partial charge >= 0.3 is 5.97 Å². The molecule has 0 radical (unpaired) electrons. The molecule has 0 heterocycles. The van der Waals surface area contributed by atoms with Crippen LogP contribution >= 0.6 is 11.6 Å². The fraction of sp³-hybridized carbons (Fsp3) is 0.467. The van der Waals surface area contributed by atoms with Gasteiger partial charge in [-0.3, -0.25) is 4.79 Å². The second-order valence-corrected chi connectivity index (χ2v) is 6.00. The minimum absolute atomic E-state index is 0.0946. The lowest BCUT2D eigenvalue weighted by atomic mass is 9.71. The Balaban J connectivity index is 2.38. The van der Waals surface area contributed by atoms with Gasteiger partial charge in [0.1, 0.15) is 13.8 Å². The summed E-state index contributed by atoms with van der Waals surface area (Å²) in [5.41, 5.74) is 7.69. The maximum Gasteiger partial charge on any atom is 0.305 e. The number of aliphatic carboxylic acids is 1. The highest BCUT2D eigenvalue weighted by Gasteiger charge is 2.46. The number of carbonyl (C=O) groups is 1. The van der Waals surface area contributed by atoms with Crippen molar-refractivity contribution >= 4 is 24.3 Å². The Morgan fingerprint density at radius 3 is 2.65 bits per heavy atom. The summed E-state index contributed by atoms with van der Waals surface area (Å²) in [6, 6.07) is 5.10. The molecule has 1 aromatic rings. The Morgan fingerprint density at radius 1 is 1.55 bits per heavy atom. The van der Waals surface area contributed by atoms with E-state index < -0.39 is 12.0 Å². The van der Waals surface area contributed by atoms with Gasteiger partial charge in [-0.05, 0) is 30.2 Å². The summed E-state index contributed by atoms with van der Waals surface area (Å²) in [5.74, 6) is -0.911. The number of halogens is 1. The third kappa shape index (κ3) is 2.72. The Bertz CT molecular complexity index is 553. The zero-order valence-corrected chi connectivity index (χ0v) is 12.4. The molecule has 3 N–H and O–H groups in total. The first kappa shape index (κ1) is 15.0. The number of carboxylic acid groups (broad SMARTS) is 1. The van der Waals surface area contributed by atoms with Crippen LogP contribution in [0.2, 0.25) is 5.02 Å². The standard InChI is InChI=1S/C15H19ClN2O2/c1-18(2)15(4-3-5-15)11-6-10(7-12(16)8-11)13(17)9-14(19)20/h6-8,13H,1,3-5,9,17H2,2H3/p+1. The minimum Gasteiger partial charge on any atom is -0.481 e. The fourth-order valence-electron chi connectivity index (χ4n) is 2.80. The normalized spacial score (nSPS) is 18.1. The van der Waals surface area contributed by atoms with Crippen LogP contribution in [-0.4, -0.2) is 29.4 Å². The molecule has 1 unspecified atom stereocenters. The monoisotopic (exact) mass is 295 g/mol. The van der Waals surface area contributed by atoms with Gasteiger partial charge < -0.3 is 10.8 Å². The van der Waals surface area contributed by atoms with Crippen LogP contribution in [0.3, 0.4) is 0 Å². The summed E-state index contributed by atoms with van der Waals surface area (Å²) in [4.78, 5) is 10.8.